The smallest absolute Gasteiger partial charge is 0.497 e. The number of hydrogen-bond acceptors (Lipinski definition) is 5. The first-order valence-corrected chi connectivity index (χ1v) is 7.57. The Bertz CT molecular complexity index is 546. The van der Waals surface area contributed by atoms with Gasteiger partial charge in [0.2, 0.25) is 0 Å². The summed E-state index contributed by atoms with van der Waals surface area (Å²) in [6, 6.07) is 0. The molecule has 0 bridgehead atoms. The predicted molar refractivity (Wildman–Crippen MR) is 88.7 cm³/mol. The molecule has 0 spiro atoms. The van der Waals surface area contributed by atoms with Crippen LogP contribution in [0.5, 0.6) is 0 Å². The van der Waals surface area contributed by atoms with Crippen LogP contribution >= 0.6 is 0 Å². The first-order chi connectivity index (χ1) is 10.2. The average molecular weight is 304 g/mol. The van der Waals surface area contributed by atoms with Crippen LogP contribution in [0, 0.1) is 5.41 Å². The van der Waals surface area contributed by atoms with Gasteiger partial charge in [-0.25, -0.2) is 0 Å². The van der Waals surface area contributed by atoms with Crippen LogP contribution in [0.25, 0.3) is 0 Å². The molecule has 1 saturated heterocycles. The predicted octanol–water partition coefficient (Wildman–Crippen LogP) is 2.60. The fourth-order valence-electron chi connectivity index (χ4n) is 2.28. The largest absolute Gasteiger partial charge is 0.498 e. The standard InChI is InChI=1S/C16H25BN2O3/c1-7-19-10-11-8-12(14(20-6)9-13(11)18)17-21-15(2,3)16(4,5)22-17/h8-10,18-19H,7H2,1-6H3/b11-10-,18-13?. The van der Waals surface area contributed by atoms with Crippen LogP contribution in [-0.4, -0.2) is 37.7 Å². The first-order valence-electron chi connectivity index (χ1n) is 7.57. The highest BCUT2D eigenvalue weighted by molar-refractivity contribution is 6.56. The zero-order valence-corrected chi connectivity index (χ0v) is 14.2. The minimum absolute atomic E-state index is 0.401. The van der Waals surface area contributed by atoms with Gasteiger partial charge in [-0.15, -0.1) is 0 Å². The second-order valence-corrected chi connectivity index (χ2v) is 6.47. The van der Waals surface area contributed by atoms with Crippen molar-refractivity contribution in [2.45, 2.75) is 45.8 Å². The molecule has 0 radical (unpaired) electrons. The van der Waals surface area contributed by atoms with Gasteiger partial charge in [0.25, 0.3) is 0 Å². The minimum Gasteiger partial charge on any atom is -0.497 e. The van der Waals surface area contributed by atoms with Crippen LogP contribution < -0.4 is 5.32 Å². The topological polar surface area (TPSA) is 63.6 Å². The maximum absolute atomic E-state index is 8.08. The Kier molecular flexibility index (Phi) is 4.54. The van der Waals surface area contributed by atoms with Gasteiger partial charge in [0.15, 0.2) is 0 Å². The lowest BCUT2D eigenvalue weighted by Gasteiger charge is -2.32. The third-order valence-electron chi connectivity index (χ3n) is 4.37. The van der Waals surface area contributed by atoms with Gasteiger partial charge in [-0.3, -0.25) is 0 Å². The summed E-state index contributed by atoms with van der Waals surface area (Å²) in [5.74, 6) is 0.608. The van der Waals surface area contributed by atoms with Gasteiger partial charge in [-0.1, -0.05) is 0 Å². The summed E-state index contributed by atoms with van der Waals surface area (Å²) < 4.78 is 17.6. The monoisotopic (exact) mass is 304 g/mol. The summed E-state index contributed by atoms with van der Waals surface area (Å²) in [7, 11) is 1.09. The Hall–Kier alpha value is -1.53. The summed E-state index contributed by atoms with van der Waals surface area (Å²) in [5, 5.41) is 11.2. The van der Waals surface area contributed by atoms with Crippen molar-refractivity contribution in [2.75, 3.05) is 13.7 Å². The van der Waals surface area contributed by atoms with Crippen molar-refractivity contribution in [1.82, 2.24) is 5.32 Å². The van der Waals surface area contributed by atoms with Gasteiger partial charge >= 0.3 is 7.12 Å². The fraction of sp³-hybridized carbons (Fsp3) is 0.562. The molecule has 2 N–H and O–H groups in total. The van der Waals surface area contributed by atoms with Crippen molar-refractivity contribution in [3.05, 3.63) is 35.2 Å². The van der Waals surface area contributed by atoms with Crippen molar-refractivity contribution in [1.29, 1.82) is 5.41 Å². The fourth-order valence-corrected chi connectivity index (χ4v) is 2.28. The van der Waals surface area contributed by atoms with Gasteiger partial charge < -0.3 is 24.8 Å². The molecule has 2 rings (SSSR count). The molecule has 1 fully saturated rings. The van der Waals surface area contributed by atoms with Gasteiger partial charge in [-0.2, -0.15) is 0 Å². The zero-order chi connectivity index (χ0) is 16.5. The highest BCUT2D eigenvalue weighted by Gasteiger charge is 2.53. The lowest BCUT2D eigenvalue weighted by Crippen LogP contribution is -2.41. The molecule has 0 atom stereocenters. The molecule has 1 aliphatic heterocycles. The summed E-state index contributed by atoms with van der Waals surface area (Å²) >= 11 is 0. The lowest BCUT2D eigenvalue weighted by molar-refractivity contribution is 0.00578. The number of allylic oxidation sites excluding steroid dienone is 4. The van der Waals surface area contributed by atoms with Crippen LogP contribution in [0.4, 0.5) is 0 Å². The van der Waals surface area contributed by atoms with Crippen LogP contribution in [0.3, 0.4) is 0 Å². The normalized spacial score (nSPS) is 25.1. The molecule has 5 nitrogen and oxygen atoms in total. The van der Waals surface area contributed by atoms with E-state index in [1.54, 1.807) is 13.2 Å². The van der Waals surface area contributed by atoms with E-state index in [2.05, 4.69) is 5.32 Å². The maximum atomic E-state index is 8.08. The molecule has 22 heavy (non-hydrogen) atoms. The zero-order valence-electron chi connectivity index (χ0n) is 14.2. The van der Waals surface area contributed by atoms with E-state index in [1.165, 1.54) is 0 Å². The summed E-state index contributed by atoms with van der Waals surface area (Å²) in [6.07, 6.45) is 5.42. The molecule has 0 saturated carbocycles. The van der Waals surface area contributed by atoms with Crippen LogP contribution in [0.1, 0.15) is 34.6 Å². The number of hydrogen-bond donors (Lipinski definition) is 2. The number of nitrogens with one attached hydrogen (secondary N) is 2. The minimum atomic E-state index is -0.505. The lowest BCUT2D eigenvalue weighted by atomic mass is 9.73. The summed E-state index contributed by atoms with van der Waals surface area (Å²) in [6.45, 7) is 10.9. The Morgan fingerprint density at radius 3 is 2.32 bits per heavy atom. The number of methoxy groups -OCH3 is 1. The van der Waals surface area contributed by atoms with E-state index in [0.29, 0.717) is 11.5 Å². The van der Waals surface area contributed by atoms with Crippen molar-refractivity contribution in [3.63, 3.8) is 0 Å². The molecule has 0 unspecified atom stereocenters. The van der Waals surface area contributed by atoms with E-state index in [-0.39, 0.29) is 0 Å². The molecule has 0 aromatic carbocycles. The van der Waals surface area contributed by atoms with Crippen molar-refractivity contribution < 1.29 is 14.0 Å². The molecule has 0 amide bonds. The van der Waals surface area contributed by atoms with Crippen LogP contribution in [0.2, 0.25) is 0 Å². The Labute approximate surface area is 133 Å². The second-order valence-electron chi connectivity index (χ2n) is 6.47. The van der Waals surface area contributed by atoms with Crippen molar-refractivity contribution in [3.8, 4) is 0 Å². The van der Waals surface area contributed by atoms with E-state index in [0.717, 1.165) is 17.6 Å². The Morgan fingerprint density at radius 1 is 1.23 bits per heavy atom. The summed E-state index contributed by atoms with van der Waals surface area (Å²) in [5.41, 5.74) is 1.17. The van der Waals surface area contributed by atoms with E-state index >= 15 is 0 Å². The third kappa shape index (κ3) is 2.98. The van der Waals surface area contributed by atoms with Gasteiger partial charge in [-0.05, 0) is 40.7 Å². The molecule has 1 aliphatic carbocycles. The highest BCUT2D eigenvalue weighted by Crippen LogP contribution is 2.40. The third-order valence-corrected chi connectivity index (χ3v) is 4.37. The molecular formula is C16H25BN2O3. The van der Waals surface area contributed by atoms with E-state index in [4.69, 9.17) is 19.5 Å². The molecule has 0 aromatic rings. The van der Waals surface area contributed by atoms with E-state index in [9.17, 15) is 0 Å². The number of ether oxygens (including phenoxy) is 1. The van der Waals surface area contributed by atoms with Crippen molar-refractivity contribution >= 4 is 12.8 Å². The summed E-state index contributed by atoms with van der Waals surface area (Å²) in [4.78, 5) is 0. The highest BCUT2D eigenvalue weighted by atomic mass is 16.7. The first kappa shape index (κ1) is 16.8. The SMILES string of the molecule is CCN/C=C1/C=C(B2OC(C)(C)C(C)(C)O2)C(OC)=CC1=N. The molecule has 2 aliphatic rings. The van der Waals surface area contributed by atoms with E-state index < -0.39 is 18.3 Å². The number of rotatable bonds is 4. The average Bonchev–Trinajstić information content (AvgIpc) is 2.65. The Balaban J connectivity index is 2.35. The van der Waals surface area contributed by atoms with E-state index in [1.807, 2.05) is 46.9 Å². The molecule has 120 valence electrons. The quantitative estimate of drug-likeness (QED) is 0.784. The van der Waals surface area contributed by atoms with Gasteiger partial charge in [0.05, 0.1) is 24.0 Å². The maximum Gasteiger partial charge on any atom is 0.498 e. The van der Waals surface area contributed by atoms with Crippen molar-refractivity contribution in [2.24, 2.45) is 0 Å². The molecule has 0 aromatic heterocycles. The molecule has 1 heterocycles. The van der Waals surface area contributed by atoms with Gasteiger partial charge in [0, 0.05) is 29.9 Å². The molecule has 6 heteroatoms. The Morgan fingerprint density at radius 2 is 1.82 bits per heavy atom. The van der Waals surface area contributed by atoms with Crippen LogP contribution in [-0.2, 0) is 14.0 Å². The van der Waals surface area contributed by atoms with Gasteiger partial charge in [0.1, 0.15) is 5.76 Å². The van der Waals surface area contributed by atoms with Crippen LogP contribution in [0.15, 0.2) is 35.2 Å². The second kappa shape index (κ2) is 5.93. The molecular weight excluding hydrogens is 279 g/mol.